The van der Waals surface area contributed by atoms with Crippen molar-refractivity contribution >= 4 is 12.0 Å². The number of carbonyl (C=O) groups excluding carboxylic acids is 2. The number of allylic oxidation sites excluding steroid dienone is 1. The molecule has 86 valence electrons. The molecule has 0 radical (unpaired) electrons. The fraction of sp³-hybridized carbons (Fsp3) is 0.600. The molecule has 0 aromatic rings. The van der Waals surface area contributed by atoms with Crippen molar-refractivity contribution in [1.29, 1.82) is 0 Å². The zero-order valence-electron chi connectivity index (χ0n) is 9.04. The van der Waals surface area contributed by atoms with Crippen LogP contribution in [0.3, 0.4) is 0 Å². The van der Waals surface area contributed by atoms with Crippen LogP contribution in [0.2, 0.25) is 0 Å². The Bertz CT molecular complexity index is 217. The highest BCUT2D eigenvalue weighted by atomic mass is 16.5. The predicted molar refractivity (Wildman–Crippen MR) is 57.5 cm³/mol. The van der Waals surface area contributed by atoms with E-state index >= 15 is 0 Å². The molecular formula is C10H18N2O3. The van der Waals surface area contributed by atoms with Gasteiger partial charge in [0.2, 0.25) is 5.91 Å². The van der Waals surface area contributed by atoms with E-state index in [0.717, 1.165) is 0 Å². The first kappa shape index (κ1) is 13.5. The summed E-state index contributed by atoms with van der Waals surface area (Å²) in [5.41, 5.74) is 0. The molecule has 0 rings (SSSR count). The molecule has 0 heterocycles. The van der Waals surface area contributed by atoms with Gasteiger partial charge in [0.1, 0.15) is 0 Å². The van der Waals surface area contributed by atoms with Crippen LogP contribution in [-0.2, 0) is 9.53 Å². The molecule has 2 N–H and O–H groups in total. The lowest BCUT2D eigenvalue weighted by molar-refractivity contribution is -0.120. The van der Waals surface area contributed by atoms with Gasteiger partial charge >= 0.3 is 6.09 Å². The summed E-state index contributed by atoms with van der Waals surface area (Å²) in [5.74, 6) is -0.0411. The van der Waals surface area contributed by atoms with E-state index in [4.69, 9.17) is 0 Å². The molecule has 15 heavy (non-hydrogen) atoms. The summed E-state index contributed by atoms with van der Waals surface area (Å²) in [6, 6.07) is 0. The molecule has 0 aliphatic rings. The van der Waals surface area contributed by atoms with Gasteiger partial charge in [-0.3, -0.25) is 4.79 Å². The van der Waals surface area contributed by atoms with Gasteiger partial charge in [-0.05, 0) is 13.3 Å². The fourth-order valence-electron chi connectivity index (χ4n) is 0.870. The summed E-state index contributed by atoms with van der Waals surface area (Å²) in [6.07, 6.45) is 2.33. The Morgan fingerprint density at radius 3 is 2.60 bits per heavy atom. The van der Waals surface area contributed by atoms with E-state index in [9.17, 15) is 9.59 Å². The third-order valence-corrected chi connectivity index (χ3v) is 1.57. The number of alkyl carbamates (subject to hydrolysis) is 1. The van der Waals surface area contributed by atoms with Crippen molar-refractivity contribution in [3.63, 3.8) is 0 Å². The molecule has 0 fully saturated rings. The van der Waals surface area contributed by atoms with Gasteiger partial charge in [-0.2, -0.15) is 0 Å². The van der Waals surface area contributed by atoms with Gasteiger partial charge in [-0.1, -0.05) is 6.08 Å². The molecule has 0 aromatic heterocycles. The summed E-state index contributed by atoms with van der Waals surface area (Å²) in [6.45, 7) is 6.38. The van der Waals surface area contributed by atoms with Gasteiger partial charge in [0.15, 0.2) is 0 Å². The van der Waals surface area contributed by atoms with E-state index in [2.05, 4.69) is 21.9 Å². The van der Waals surface area contributed by atoms with Crippen molar-refractivity contribution in [3.8, 4) is 0 Å². The van der Waals surface area contributed by atoms with Gasteiger partial charge in [-0.15, -0.1) is 6.58 Å². The molecule has 2 amide bonds. The zero-order chi connectivity index (χ0) is 11.5. The number of amides is 2. The van der Waals surface area contributed by atoms with Crippen LogP contribution in [0.15, 0.2) is 12.7 Å². The lowest BCUT2D eigenvalue weighted by atomic mass is 10.3. The molecule has 0 saturated carbocycles. The summed E-state index contributed by atoms with van der Waals surface area (Å²) in [4.78, 5) is 21.9. The standard InChI is InChI=1S/C10H18N2O3/c1-3-5-6-9(13)11-7-8-12-10(14)15-4-2/h3H,1,4-8H2,2H3,(H,11,13)(H,12,14). The molecule has 0 atom stereocenters. The highest BCUT2D eigenvalue weighted by Gasteiger charge is 2.00. The quantitative estimate of drug-likeness (QED) is 0.487. The first-order valence-electron chi connectivity index (χ1n) is 4.99. The lowest BCUT2D eigenvalue weighted by Gasteiger charge is -2.06. The van der Waals surface area contributed by atoms with Crippen LogP contribution < -0.4 is 10.6 Å². The Morgan fingerprint density at radius 2 is 2.00 bits per heavy atom. The second-order valence-electron chi connectivity index (χ2n) is 2.82. The maximum Gasteiger partial charge on any atom is 0.407 e. The highest BCUT2D eigenvalue weighted by Crippen LogP contribution is 1.87. The predicted octanol–water partition coefficient (Wildman–Crippen LogP) is 0.815. The van der Waals surface area contributed by atoms with E-state index < -0.39 is 6.09 Å². The Labute approximate surface area is 89.9 Å². The number of rotatable bonds is 7. The Kier molecular flexibility index (Phi) is 8.13. The molecule has 5 nitrogen and oxygen atoms in total. The summed E-state index contributed by atoms with van der Waals surface area (Å²) < 4.78 is 4.64. The maximum absolute atomic E-state index is 11.1. The summed E-state index contributed by atoms with van der Waals surface area (Å²) in [7, 11) is 0. The van der Waals surface area contributed by atoms with Gasteiger partial charge in [0, 0.05) is 19.5 Å². The van der Waals surface area contributed by atoms with Gasteiger partial charge < -0.3 is 15.4 Å². The maximum atomic E-state index is 11.1. The van der Waals surface area contributed by atoms with Crippen molar-refractivity contribution in [1.82, 2.24) is 10.6 Å². The molecule has 5 heteroatoms. The average Bonchev–Trinajstić information content (AvgIpc) is 2.22. The van der Waals surface area contributed by atoms with Crippen LogP contribution in [-0.4, -0.2) is 31.7 Å². The minimum Gasteiger partial charge on any atom is -0.450 e. The molecule has 0 bridgehead atoms. The van der Waals surface area contributed by atoms with Gasteiger partial charge in [0.05, 0.1) is 6.61 Å². The monoisotopic (exact) mass is 214 g/mol. The summed E-state index contributed by atoms with van der Waals surface area (Å²) in [5, 5.41) is 5.16. The molecule has 0 unspecified atom stereocenters. The minimum absolute atomic E-state index is 0.0411. The van der Waals surface area contributed by atoms with Crippen LogP contribution >= 0.6 is 0 Å². The van der Waals surface area contributed by atoms with E-state index in [-0.39, 0.29) is 5.91 Å². The van der Waals surface area contributed by atoms with E-state index in [1.54, 1.807) is 13.0 Å². The van der Waals surface area contributed by atoms with Gasteiger partial charge in [-0.25, -0.2) is 4.79 Å². The Morgan fingerprint density at radius 1 is 1.33 bits per heavy atom. The SMILES string of the molecule is C=CCCC(=O)NCCNC(=O)OCC. The smallest absolute Gasteiger partial charge is 0.407 e. The van der Waals surface area contributed by atoms with Crippen LogP contribution in [0.5, 0.6) is 0 Å². The molecule has 0 saturated heterocycles. The number of hydrogen-bond acceptors (Lipinski definition) is 3. The lowest BCUT2D eigenvalue weighted by Crippen LogP contribution is -2.34. The second-order valence-corrected chi connectivity index (χ2v) is 2.82. The first-order valence-corrected chi connectivity index (χ1v) is 4.99. The molecule has 0 aromatic carbocycles. The van der Waals surface area contributed by atoms with E-state index in [1.165, 1.54) is 0 Å². The average molecular weight is 214 g/mol. The number of hydrogen-bond donors (Lipinski definition) is 2. The molecule has 0 aliphatic carbocycles. The third kappa shape index (κ3) is 8.80. The van der Waals surface area contributed by atoms with E-state index in [0.29, 0.717) is 32.5 Å². The Hall–Kier alpha value is -1.52. The highest BCUT2D eigenvalue weighted by molar-refractivity contribution is 5.76. The second kappa shape index (κ2) is 9.05. The van der Waals surface area contributed by atoms with Crippen molar-refractivity contribution in [2.24, 2.45) is 0 Å². The van der Waals surface area contributed by atoms with Crippen molar-refractivity contribution in [3.05, 3.63) is 12.7 Å². The first-order chi connectivity index (χ1) is 7.20. The number of carbonyl (C=O) groups is 2. The zero-order valence-corrected chi connectivity index (χ0v) is 9.04. The van der Waals surface area contributed by atoms with Gasteiger partial charge in [0.25, 0.3) is 0 Å². The number of ether oxygens (including phenoxy) is 1. The van der Waals surface area contributed by atoms with E-state index in [1.807, 2.05) is 0 Å². The van der Waals surface area contributed by atoms with Crippen molar-refractivity contribution in [2.45, 2.75) is 19.8 Å². The van der Waals surface area contributed by atoms with Crippen LogP contribution in [0.1, 0.15) is 19.8 Å². The van der Waals surface area contributed by atoms with Crippen LogP contribution in [0.4, 0.5) is 4.79 Å². The normalized spacial score (nSPS) is 9.13. The number of nitrogens with one attached hydrogen (secondary N) is 2. The molecule has 0 spiro atoms. The largest absolute Gasteiger partial charge is 0.450 e. The topological polar surface area (TPSA) is 67.4 Å². The third-order valence-electron chi connectivity index (χ3n) is 1.57. The minimum atomic E-state index is -0.460. The molecular weight excluding hydrogens is 196 g/mol. The van der Waals surface area contributed by atoms with Crippen molar-refractivity contribution < 1.29 is 14.3 Å². The van der Waals surface area contributed by atoms with Crippen LogP contribution in [0.25, 0.3) is 0 Å². The van der Waals surface area contributed by atoms with Crippen LogP contribution in [0, 0.1) is 0 Å². The van der Waals surface area contributed by atoms with Crippen molar-refractivity contribution in [2.75, 3.05) is 19.7 Å². The summed E-state index contributed by atoms with van der Waals surface area (Å²) >= 11 is 0. The Balaban J connectivity index is 3.33. The molecule has 0 aliphatic heterocycles. The fourth-order valence-corrected chi connectivity index (χ4v) is 0.870.